The van der Waals surface area contributed by atoms with E-state index in [4.69, 9.17) is 39.5 Å². The van der Waals surface area contributed by atoms with Crippen molar-refractivity contribution in [2.45, 2.75) is 0 Å². The van der Waals surface area contributed by atoms with Crippen LogP contribution in [0, 0.1) is 5.82 Å². The van der Waals surface area contributed by atoms with Crippen LogP contribution in [0.5, 0.6) is 5.75 Å². The first-order valence-electron chi connectivity index (χ1n) is 5.79. The maximum atomic E-state index is 13.6. The molecule has 1 amide bonds. The number of hydrogen-bond donors (Lipinski definition) is 1. The van der Waals surface area contributed by atoms with Crippen molar-refractivity contribution in [3.63, 3.8) is 0 Å². The van der Waals surface area contributed by atoms with Gasteiger partial charge in [0.05, 0.1) is 15.7 Å². The summed E-state index contributed by atoms with van der Waals surface area (Å²) in [6.45, 7) is -0.326. The first-order valence-corrected chi connectivity index (χ1v) is 6.92. The Labute approximate surface area is 135 Å². The fourth-order valence-corrected chi connectivity index (χ4v) is 2.16. The molecule has 0 saturated carbocycles. The molecule has 2 aromatic carbocycles. The molecule has 0 heterocycles. The SMILES string of the molecule is O=C(COc1ccc(Cl)cc1Cl)Nc1cccc(Cl)c1F. The van der Waals surface area contributed by atoms with Gasteiger partial charge in [0.15, 0.2) is 12.4 Å². The first-order chi connectivity index (χ1) is 9.97. The predicted molar refractivity (Wildman–Crippen MR) is 82.0 cm³/mol. The number of nitrogens with one attached hydrogen (secondary N) is 1. The molecule has 2 aromatic rings. The summed E-state index contributed by atoms with van der Waals surface area (Å²) in [7, 11) is 0. The normalized spacial score (nSPS) is 10.3. The van der Waals surface area contributed by atoms with Crippen molar-refractivity contribution in [2.75, 3.05) is 11.9 Å². The summed E-state index contributed by atoms with van der Waals surface area (Å²) in [5, 5.41) is 3.02. The highest BCUT2D eigenvalue weighted by atomic mass is 35.5. The van der Waals surface area contributed by atoms with E-state index in [2.05, 4.69) is 5.32 Å². The molecule has 21 heavy (non-hydrogen) atoms. The molecular formula is C14H9Cl3FNO2. The monoisotopic (exact) mass is 347 g/mol. The van der Waals surface area contributed by atoms with Gasteiger partial charge in [0, 0.05) is 5.02 Å². The van der Waals surface area contributed by atoms with Crippen LogP contribution in [0.3, 0.4) is 0 Å². The maximum absolute atomic E-state index is 13.6. The summed E-state index contributed by atoms with van der Waals surface area (Å²) in [6.07, 6.45) is 0. The molecule has 0 bridgehead atoms. The van der Waals surface area contributed by atoms with Gasteiger partial charge in [-0.15, -0.1) is 0 Å². The van der Waals surface area contributed by atoms with Crippen molar-refractivity contribution in [3.05, 3.63) is 57.3 Å². The molecule has 0 aliphatic carbocycles. The van der Waals surface area contributed by atoms with E-state index >= 15 is 0 Å². The van der Waals surface area contributed by atoms with Crippen molar-refractivity contribution in [1.29, 1.82) is 0 Å². The van der Waals surface area contributed by atoms with Gasteiger partial charge in [0.2, 0.25) is 0 Å². The number of amides is 1. The summed E-state index contributed by atoms with van der Waals surface area (Å²) < 4.78 is 18.8. The Morgan fingerprint density at radius 1 is 1.14 bits per heavy atom. The van der Waals surface area contributed by atoms with Gasteiger partial charge in [-0.3, -0.25) is 4.79 Å². The van der Waals surface area contributed by atoms with Gasteiger partial charge in [-0.05, 0) is 30.3 Å². The minimum Gasteiger partial charge on any atom is -0.482 e. The van der Waals surface area contributed by atoms with Gasteiger partial charge in [-0.25, -0.2) is 4.39 Å². The van der Waals surface area contributed by atoms with Crippen LogP contribution in [-0.4, -0.2) is 12.5 Å². The van der Waals surface area contributed by atoms with Crippen molar-refractivity contribution in [1.82, 2.24) is 0 Å². The average Bonchev–Trinajstić information content (AvgIpc) is 2.43. The minimum atomic E-state index is -0.697. The van der Waals surface area contributed by atoms with E-state index in [-0.39, 0.29) is 22.3 Å². The van der Waals surface area contributed by atoms with Crippen LogP contribution in [0.1, 0.15) is 0 Å². The van der Waals surface area contributed by atoms with E-state index < -0.39 is 11.7 Å². The zero-order valence-electron chi connectivity index (χ0n) is 10.5. The Bertz CT molecular complexity index is 679. The molecular weight excluding hydrogens is 340 g/mol. The van der Waals surface area contributed by atoms with Crippen LogP contribution in [0.15, 0.2) is 36.4 Å². The van der Waals surface area contributed by atoms with Gasteiger partial charge in [-0.1, -0.05) is 40.9 Å². The Hall–Kier alpha value is -1.49. The standard InChI is InChI=1S/C14H9Cl3FNO2/c15-8-4-5-12(10(17)6-8)21-7-13(20)19-11-3-1-2-9(16)14(11)18/h1-6H,7H2,(H,19,20). The highest BCUT2D eigenvalue weighted by Crippen LogP contribution is 2.27. The Morgan fingerprint density at radius 2 is 1.90 bits per heavy atom. The van der Waals surface area contributed by atoms with Crippen molar-refractivity contribution >= 4 is 46.4 Å². The average molecular weight is 349 g/mol. The lowest BCUT2D eigenvalue weighted by molar-refractivity contribution is -0.118. The van der Waals surface area contributed by atoms with Crippen LogP contribution < -0.4 is 10.1 Å². The van der Waals surface area contributed by atoms with E-state index in [0.29, 0.717) is 10.8 Å². The van der Waals surface area contributed by atoms with Crippen LogP contribution in [0.2, 0.25) is 15.1 Å². The van der Waals surface area contributed by atoms with Crippen molar-refractivity contribution < 1.29 is 13.9 Å². The maximum Gasteiger partial charge on any atom is 0.262 e. The van der Waals surface area contributed by atoms with Gasteiger partial charge in [-0.2, -0.15) is 0 Å². The molecule has 1 N–H and O–H groups in total. The molecule has 3 nitrogen and oxygen atoms in total. The second kappa shape index (κ2) is 6.98. The van der Waals surface area contributed by atoms with Crippen molar-refractivity contribution in [3.8, 4) is 5.75 Å². The summed E-state index contributed by atoms with van der Waals surface area (Å²) in [4.78, 5) is 11.7. The topological polar surface area (TPSA) is 38.3 Å². The Morgan fingerprint density at radius 3 is 2.62 bits per heavy atom. The summed E-state index contributed by atoms with van der Waals surface area (Å²) in [5.41, 5.74) is -0.0155. The van der Waals surface area contributed by atoms with E-state index in [1.165, 1.54) is 30.3 Å². The number of benzene rings is 2. The Balaban J connectivity index is 1.97. The summed E-state index contributed by atoms with van der Waals surface area (Å²) >= 11 is 17.3. The smallest absolute Gasteiger partial charge is 0.262 e. The molecule has 2 rings (SSSR count). The number of rotatable bonds is 4. The molecule has 0 aliphatic rings. The third-order valence-corrected chi connectivity index (χ3v) is 3.30. The number of hydrogen-bond acceptors (Lipinski definition) is 2. The molecule has 110 valence electrons. The predicted octanol–water partition coefficient (Wildman–Crippen LogP) is 4.80. The molecule has 0 aromatic heterocycles. The fourth-order valence-electron chi connectivity index (χ4n) is 1.52. The summed E-state index contributed by atoms with van der Waals surface area (Å²) in [6, 6.07) is 8.92. The molecule has 0 atom stereocenters. The summed E-state index contributed by atoms with van der Waals surface area (Å²) in [5.74, 6) is -0.929. The lowest BCUT2D eigenvalue weighted by atomic mass is 10.3. The van der Waals surface area contributed by atoms with Gasteiger partial charge >= 0.3 is 0 Å². The van der Waals surface area contributed by atoms with Crippen molar-refractivity contribution in [2.24, 2.45) is 0 Å². The molecule has 0 saturated heterocycles. The van der Waals surface area contributed by atoms with Gasteiger partial charge in [0.1, 0.15) is 5.75 Å². The third kappa shape index (κ3) is 4.24. The minimum absolute atomic E-state index is 0.0155. The second-order valence-corrected chi connectivity index (χ2v) is 5.26. The van der Waals surface area contributed by atoms with Crippen LogP contribution in [-0.2, 0) is 4.79 Å². The lowest BCUT2D eigenvalue weighted by Crippen LogP contribution is -2.20. The zero-order chi connectivity index (χ0) is 15.4. The van der Waals surface area contributed by atoms with E-state index in [1.54, 1.807) is 6.07 Å². The van der Waals surface area contributed by atoms with E-state index in [9.17, 15) is 9.18 Å². The number of carbonyl (C=O) groups excluding carboxylic acids is 1. The Kier molecular flexibility index (Phi) is 5.28. The fraction of sp³-hybridized carbons (Fsp3) is 0.0714. The molecule has 7 heteroatoms. The molecule has 0 fully saturated rings. The highest BCUT2D eigenvalue weighted by Gasteiger charge is 2.11. The highest BCUT2D eigenvalue weighted by molar-refractivity contribution is 6.35. The number of anilines is 1. The third-order valence-electron chi connectivity index (χ3n) is 2.48. The largest absolute Gasteiger partial charge is 0.482 e. The van der Waals surface area contributed by atoms with E-state index in [0.717, 1.165) is 0 Å². The first kappa shape index (κ1) is 15.9. The molecule has 0 unspecified atom stereocenters. The number of halogens is 4. The molecule has 0 spiro atoms. The molecule has 0 aliphatic heterocycles. The van der Waals surface area contributed by atoms with E-state index in [1.807, 2.05) is 0 Å². The van der Waals surface area contributed by atoms with Crippen LogP contribution >= 0.6 is 34.8 Å². The molecule has 0 radical (unpaired) electrons. The number of carbonyl (C=O) groups is 1. The van der Waals surface area contributed by atoms with Gasteiger partial charge < -0.3 is 10.1 Å². The van der Waals surface area contributed by atoms with Gasteiger partial charge in [0.25, 0.3) is 5.91 Å². The number of ether oxygens (including phenoxy) is 1. The van der Waals surface area contributed by atoms with Crippen LogP contribution in [0.25, 0.3) is 0 Å². The van der Waals surface area contributed by atoms with Crippen LogP contribution in [0.4, 0.5) is 10.1 Å². The quantitative estimate of drug-likeness (QED) is 0.861. The second-order valence-electron chi connectivity index (χ2n) is 4.01. The lowest BCUT2D eigenvalue weighted by Gasteiger charge is -2.10. The zero-order valence-corrected chi connectivity index (χ0v) is 12.8.